The summed E-state index contributed by atoms with van der Waals surface area (Å²) in [4.78, 5) is 14.7. The van der Waals surface area contributed by atoms with Gasteiger partial charge in [0.2, 0.25) is 0 Å². The number of hydrogen-bond acceptors (Lipinski definition) is 8. The van der Waals surface area contributed by atoms with Crippen LogP contribution in [-0.2, 0) is 9.47 Å². The zero-order valence-electron chi connectivity index (χ0n) is 12.6. The molecule has 0 saturated carbocycles. The first kappa shape index (κ1) is 15.1. The lowest BCUT2D eigenvalue weighted by Crippen LogP contribution is -2.34. The van der Waals surface area contributed by atoms with E-state index in [1.54, 1.807) is 10.9 Å². The quantitative estimate of drug-likeness (QED) is 0.753. The first-order valence-electron chi connectivity index (χ1n) is 6.90. The van der Waals surface area contributed by atoms with Crippen molar-refractivity contribution >= 4 is 17.0 Å². The Kier molecular flexibility index (Phi) is 3.96. The van der Waals surface area contributed by atoms with E-state index >= 15 is 0 Å². The van der Waals surface area contributed by atoms with E-state index in [2.05, 4.69) is 15.0 Å². The summed E-state index contributed by atoms with van der Waals surface area (Å²) in [5.41, 5.74) is 1.21. The number of fused-ring (bicyclic) bond motifs is 1. The summed E-state index contributed by atoms with van der Waals surface area (Å²) in [5.74, 6) is 0.690. The Morgan fingerprint density at radius 2 is 2.14 bits per heavy atom. The molecule has 0 bridgehead atoms. The number of methoxy groups -OCH3 is 1. The molecule has 0 amide bonds. The maximum atomic E-state index is 10.1. The molecular weight excluding hydrogens is 290 g/mol. The molecule has 2 N–H and O–H groups in total. The van der Waals surface area contributed by atoms with Crippen LogP contribution in [0.15, 0.2) is 12.7 Å². The highest BCUT2D eigenvalue weighted by Gasteiger charge is 2.45. The lowest BCUT2D eigenvalue weighted by Gasteiger charge is -2.20. The fourth-order valence-corrected chi connectivity index (χ4v) is 2.70. The number of nitrogens with zero attached hydrogens (tertiary/aromatic N) is 5. The van der Waals surface area contributed by atoms with Crippen LogP contribution in [0.25, 0.3) is 11.2 Å². The number of rotatable bonds is 4. The Balaban J connectivity index is 2.05. The molecule has 9 nitrogen and oxygen atoms in total. The Morgan fingerprint density at radius 1 is 1.36 bits per heavy atom. The van der Waals surface area contributed by atoms with Crippen LogP contribution < -0.4 is 4.90 Å². The standard InChI is InChI=1S/C13H19N5O4/c1-17(2)11-8-12(15-5-14-11)18(6-16-8)13-10(21-3)9(20)7(4-19)22-13/h5-7,9-10,13,19-20H,4H2,1-3H3. The van der Waals surface area contributed by atoms with E-state index in [1.165, 1.54) is 13.4 Å². The van der Waals surface area contributed by atoms with Crippen molar-refractivity contribution < 1.29 is 19.7 Å². The maximum Gasteiger partial charge on any atom is 0.167 e. The fraction of sp³-hybridized carbons (Fsp3) is 0.615. The third kappa shape index (κ3) is 2.22. The van der Waals surface area contributed by atoms with Crippen LogP contribution in [0.1, 0.15) is 6.23 Å². The highest BCUT2D eigenvalue weighted by molar-refractivity contribution is 5.83. The second-order valence-electron chi connectivity index (χ2n) is 5.35. The highest BCUT2D eigenvalue weighted by atomic mass is 16.6. The molecule has 0 radical (unpaired) electrons. The van der Waals surface area contributed by atoms with Gasteiger partial charge in [-0.15, -0.1) is 0 Å². The van der Waals surface area contributed by atoms with E-state index in [9.17, 15) is 10.2 Å². The van der Waals surface area contributed by atoms with Crippen molar-refractivity contribution in [1.82, 2.24) is 19.5 Å². The molecule has 1 aliphatic rings. The van der Waals surface area contributed by atoms with Gasteiger partial charge >= 0.3 is 0 Å². The molecule has 0 aromatic carbocycles. The van der Waals surface area contributed by atoms with Gasteiger partial charge in [-0.2, -0.15) is 0 Å². The molecule has 4 atom stereocenters. The average molecular weight is 309 g/mol. The van der Waals surface area contributed by atoms with Gasteiger partial charge in [-0.1, -0.05) is 0 Å². The predicted molar refractivity (Wildman–Crippen MR) is 77.4 cm³/mol. The number of ether oxygens (including phenoxy) is 2. The normalized spacial score (nSPS) is 28.4. The van der Waals surface area contributed by atoms with Crippen LogP contribution in [0.2, 0.25) is 0 Å². The van der Waals surface area contributed by atoms with Gasteiger partial charge in [0.1, 0.15) is 24.6 Å². The molecule has 120 valence electrons. The van der Waals surface area contributed by atoms with Gasteiger partial charge in [0.25, 0.3) is 0 Å². The minimum absolute atomic E-state index is 0.290. The summed E-state index contributed by atoms with van der Waals surface area (Å²) >= 11 is 0. The van der Waals surface area contributed by atoms with E-state index in [4.69, 9.17) is 9.47 Å². The predicted octanol–water partition coefficient (Wildman–Crippen LogP) is -0.842. The van der Waals surface area contributed by atoms with Crippen molar-refractivity contribution in [1.29, 1.82) is 0 Å². The number of aliphatic hydroxyl groups excluding tert-OH is 2. The molecule has 3 heterocycles. The maximum absolute atomic E-state index is 10.1. The molecule has 0 spiro atoms. The Labute approximate surface area is 127 Å². The minimum Gasteiger partial charge on any atom is -0.394 e. The molecule has 4 unspecified atom stereocenters. The van der Waals surface area contributed by atoms with E-state index < -0.39 is 24.5 Å². The number of imidazole rings is 1. The highest BCUT2D eigenvalue weighted by Crippen LogP contribution is 2.33. The monoisotopic (exact) mass is 309 g/mol. The van der Waals surface area contributed by atoms with E-state index in [1.807, 2.05) is 19.0 Å². The minimum atomic E-state index is -0.924. The summed E-state index contributed by atoms with van der Waals surface area (Å²) in [5, 5.41) is 19.4. The van der Waals surface area contributed by atoms with E-state index in [0.717, 1.165) is 0 Å². The van der Waals surface area contributed by atoms with Gasteiger partial charge in [-0.05, 0) is 0 Å². The lowest BCUT2D eigenvalue weighted by atomic mass is 10.1. The van der Waals surface area contributed by atoms with Crippen LogP contribution >= 0.6 is 0 Å². The van der Waals surface area contributed by atoms with Gasteiger partial charge in [-0.3, -0.25) is 4.57 Å². The first-order valence-corrected chi connectivity index (χ1v) is 6.90. The number of hydrogen-bond donors (Lipinski definition) is 2. The Bertz CT molecular complexity index is 661. The van der Waals surface area contributed by atoms with Crippen LogP contribution in [0.3, 0.4) is 0 Å². The first-order chi connectivity index (χ1) is 10.6. The fourth-order valence-electron chi connectivity index (χ4n) is 2.70. The van der Waals surface area contributed by atoms with Crippen molar-refractivity contribution in [2.45, 2.75) is 24.5 Å². The van der Waals surface area contributed by atoms with Crippen LogP contribution in [0, 0.1) is 0 Å². The Hall–Kier alpha value is -1.81. The van der Waals surface area contributed by atoms with E-state index in [0.29, 0.717) is 17.0 Å². The van der Waals surface area contributed by atoms with Gasteiger partial charge < -0.3 is 24.6 Å². The van der Waals surface area contributed by atoms with Crippen LogP contribution in [0.5, 0.6) is 0 Å². The lowest BCUT2D eigenvalue weighted by molar-refractivity contribution is -0.0583. The molecule has 2 aromatic heterocycles. The van der Waals surface area contributed by atoms with E-state index in [-0.39, 0.29) is 6.61 Å². The molecule has 2 aromatic rings. The average Bonchev–Trinajstić information content (AvgIpc) is 3.07. The third-order valence-corrected chi connectivity index (χ3v) is 3.80. The largest absolute Gasteiger partial charge is 0.394 e. The van der Waals surface area contributed by atoms with Crippen LogP contribution in [-0.4, -0.2) is 75.9 Å². The SMILES string of the molecule is COC1C(O)C(CO)OC1n1cnc2c(N(C)C)ncnc21. The van der Waals surface area contributed by atoms with Crippen LogP contribution in [0.4, 0.5) is 5.82 Å². The molecule has 9 heteroatoms. The summed E-state index contributed by atoms with van der Waals surface area (Å²) in [6.45, 7) is -0.290. The number of aromatic nitrogens is 4. The summed E-state index contributed by atoms with van der Waals surface area (Å²) in [6, 6.07) is 0. The number of aliphatic hydroxyl groups is 2. The van der Waals surface area contributed by atoms with Crippen molar-refractivity contribution in [3.8, 4) is 0 Å². The molecule has 3 rings (SSSR count). The van der Waals surface area contributed by atoms with Gasteiger partial charge in [0.05, 0.1) is 12.9 Å². The smallest absolute Gasteiger partial charge is 0.167 e. The van der Waals surface area contributed by atoms with Crippen molar-refractivity contribution in [2.75, 3.05) is 32.7 Å². The zero-order valence-corrected chi connectivity index (χ0v) is 12.6. The van der Waals surface area contributed by atoms with Crippen molar-refractivity contribution in [3.05, 3.63) is 12.7 Å². The second kappa shape index (κ2) is 5.76. The molecule has 1 aliphatic heterocycles. The number of anilines is 1. The summed E-state index contributed by atoms with van der Waals surface area (Å²) in [7, 11) is 5.23. The molecule has 1 fully saturated rings. The zero-order chi connectivity index (χ0) is 15.9. The Morgan fingerprint density at radius 3 is 2.77 bits per heavy atom. The molecule has 22 heavy (non-hydrogen) atoms. The van der Waals surface area contributed by atoms with Gasteiger partial charge in [-0.25, -0.2) is 15.0 Å². The third-order valence-electron chi connectivity index (χ3n) is 3.80. The molecule has 0 aliphatic carbocycles. The van der Waals surface area contributed by atoms with Gasteiger partial charge in [0.15, 0.2) is 23.2 Å². The summed E-state index contributed by atoms with van der Waals surface area (Å²) in [6.07, 6.45) is 0.164. The van der Waals surface area contributed by atoms with Gasteiger partial charge in [0, 0.05) is 21.2 Å². The second-order valence-corrected chi connectivity index (χ2v) is 5.35. The van der Waals surface area contributed by atoms with Crippen molar-refractivity contribution in [3.63, 3.8) is 0 Å². The summed E-state index contributed by atoms with van der Waals surface area (Å²) < 4.78 is 12.7. The molecule has 1 saturated heterocycles. The van der Waals surface area contributed by atoms with Crippen molar-refractivity contribution in [2.24, 2.45) is 0 Å². The molecular formula is C13H19N5O4. The topological polar surface area (TPSA) is 106 Å².